The van der Waals surface area contributed by atoms with E-state index >= 15 is 0 Å². The molecule has 0 radical (unpaired) electrons. The highest BCUT2D eigenvalue weighted by atomic mass is 16.2. The van der Waals surface area contributed by atoms with E-state index in [0.717, 1.165) is 5.56 Å². The van der Waals surface area contributed by atoms with Crippen LogP contribution in [0.25, 0.3) is 0 Å². The maximum Gasteiger partial charge on any atom is 0.243 e. The molecule has 0 bridgehead atoms. The van der Waals surface area contributed by atoms with Crippen LogP contribution in [0.2, 0.25) is 0 Å². The van der Waals surface area contributed by atoms with Gasteiger partial charge in [-0.3, -0.25) is 4.79 Å². The summed E-state index contributed by atoms with van der Waals surface area (Å²) >= 11 is 0. The van der Waals surface area contributed by atoms with Crippen molar-refractivity contribution in [1.82, 2.24) is 4.90 Å². The van der Waals surface area contributed by atoms with Crippen LogP contribution >= 0.6 is 0 Å². The zero-order chi connectivity index (χ0) is 13.6. The Hall–Kier alpha value is -1.86. The first-order valence-corrected chi connectivity index (χ1v) is 6.00. The van der Waals surface area contributed by atoms with Gasteiger partial charge in [0.2, 0.25) is 5.91 Å². The Labute approximate surface area is 108 Å². The number of nitrogens with zero attached hydrogens (tertiary/aromatic N) is 2. The fourth-order valence-corrected chi connectivity index (χ4v) is 1.60. The third-order valence-corrected chi connectivity index (χ3v) is 2.99. The molecule has 2 N–H and O–H groups in total. The van der Waals surface area contributed by atoms with Gasteiger partial charge >= 0.3 is 0 Å². The Bertz CT molecular complexity index is 434. The number of carbonyl (C=O) groups is 1. The third-order valence-electron chi connectivity index (χ3n) is 2.99. The van der Waals surface area contributed by atoms with Gasteiger partial charge in [-0.05, 0) is 18.9 Å². The second-order valence-electron chi connectivity index (χ2n) is 4.58. The molecule has 1 atom stereocenters. The molecule has 0 fully saturated rings. The first-order chi connectivity index (χ1) is 8.51. The van der Waals surface area contributed by atoms with Crippen molar-refractivity contribution in [2.75, 3.05) is 6.54 Å². The smallest absolute Gasteiger partial charge is 0.243 e. The lowest BCUT2D eigenvalue weighted by molar-refractivity contribution is -0.136. The number of carbonyl (C=O) groups excluding carboxylic acids is 1. The van der Waals surface area contributed by atoms with E-state index in [4.69, 9.17) is 11.0 Å². The third kappa shape index (κ3) is 3.57. The number of hydrogen-bond donors (Lipinski definition) is 1. The van der Waals surface area contributed by atoms with Gasteiger partial charge in [0, 0.05) is 6.54 Å². The topological polar surface area (TPSA) is 70.1 Å². The van der Waals surface area contributed by atoms with Crippen LogP contribution in [0, 0.1) is 11.3 Å². The molecule has 96 valence electrons. The molecule has 0 aliphatic heterocycles. The first kappa shape index (κ1) is 14.2. The zero-order valence-corrected chi connectivity index (χ0v) is 10.9. The lowest BCUT2D eigenvalue weighted by Gasteiger charge is -2.29. The fourth-order valence-electron chi connectivity index (χ4n) is 1.60. The standard InChI is InChI=1S/C14H19N3O/c1-3-14(2,16)13(18)17(10-9-15)11-12-7-5-4-6-8-12/h4-8H,3,10-11,16H2,1-2H3. The van der Waals surface area contributed by atoms with Gasteiger partial charge in [0.05, 0.1) is 11.6 Å². The van der Waals surface area contributed by atoms with Crippen molar-refractivity contribution in [1.29, 1.82) is 5.26 Å². The largest absolute Gasteiger partial charge is 0.323 e. The summed E-state index contributed by atoms with van der Waals surface area (Å²) in [6, 6.07) is 11.6. The highest BCUT2D eigenvalue weighted by Gasteiger charge is 2.30. The lowest BCUT2D eigenvalue weighted by Crippen LogP contribution is -2.52. The summed E-state index contributed by atoms with van der Waals surface area (Å²) in [6.45, 7) is 4.04. The van der Waals surface area contributed by atoms with E-state index < -0.39 is 5.54 Å². The fraction of sp³-hybridized carbons (Fsp3) is 0.429. The minimum atomic E-state index is -0.911. The predicted molar refractivity (Wildman–Crippen MR) is 70.4 cm³/mol. The average molecular weight is 245 g/mol. The number of amides is 1. The number of nitrogens with two attached hydrogens (primary N) is 1. The van der Waals surface area contributed by atoms with E-state index in [0.29, 0.717) is 13.0 Å². The molecule has 0 spiro atoms. The maximum absolute atomic E-state index is 12.2. The quantitative estimate of drug-likeness (QED) is 0.802. The van der Waals surface area contributed by atoms with Crippen LogP contribution in [0.1, 0.15) is 25.8 Å². The van der Waals surface area contributed by atoms with Gasteiger partial charge in [-0.25, -0.2) is 0 Å². The molecule has 0 aromatic heterocycles. The summed E-state index contributed by atoms with van der Waals surface area (Å²) in [5.41, 5.74) is 6.03. The molecule has 18 heavy (non-hydrogen) atoms. The van der Waals surface area contributed by atoms with Gasteiger partial charge in [-0.2, -0.15) is 5.26 Å². The molecule has 1 aromatic rings. The number of benzene rings is 1. The van der Waals surface area contributed by atoms with Gasteiger partial charge in [0.25, 0.3) is 0 Å². The Morgan fingerprint density at radius 3 is 2.56 bits per heavy atom. The molecular weight excluding hydrogens is 226 g/mol. The van der Waals surface area contributed by atoms with E-state index in [1.165, 1.54) is 4.90 Å². The van der Waals surface area contributed by atoms with Gasteiger partial charge in [-0.1, -0.05) is 37.3 Å². The van der Waals surface area contributed by atoms with E-state index in [1.54, 1.807) is 6.92 Å². The molecule has 1 amide bonds. The molecule has 0 saturated carbocycles. The van der Waals surface area contributed by atoms with E-state index in [9.17, 15) is 4.79 Å². The normalized spacial score (nSPS) is 13.4. The van der Waals surface area contributed by atoms with Crippen molar-refractivity contribution in [2.45, 2.75) is 32.4 Å². The van der Waals surface area contributed by atoms with E-state index in [-0.39, 0.29) is 12.5 Å². The van der Waals surface area contributed by atoms with Crippen LogP contribution in [0.15, 0.2) is 30.3 Å². The molecule has 1 rings (SSSR count). The molecule has 4 nitrogen and oxygen atoms in total. The van der Waals surface area contributed by atoms with Gasteiger partial charge in [0.15, 0.2) is 0 Å². The van der Waals surface area contributed by atoms with Crippen molar-refractivity contribution in [3.05, 3.63) is 35.9 Å². The minimum Gasteiger partial charge on any atom is -0.323 e. The summed E-state index contributed by atoms with van der Waals surface area (Å²) in [5.74, 6) is -0.185. The average Bonchev–Trinajstić information content (AvgIpc) is 2.38. The van der Waals surface area contributed by atoms with Gasteiger partial charge < -0.3 is 10.6 Å². The summed E-state index contributed by atoms with van der Waals surface area (Å²) < 4.78 is 0. The Morgan fingerprint density at radius 2 is 2.06 bits per heavy atom. The predicted octanol–water partition coefficient (Wildman–Crippen LogP) is 1.67. The molecule has 0 aliphatic rings. The summed E-state index contributed by atoms with van der Waals surface area (Å²) in [5, 5.41) is 8.82. The Morgan fingerprint density at radius 1 is 1.44 bits per heavy atom. The van der Waals surface area contributed by atoms with Crippen LogP contribution in [-0.4, -0.2) is 22.9 Å². The minimum absolute atomic E-state index is 0.0561. The molecule has 1 unspecified atom stereocenters. The molecular formula is C14H19N3O. The van der Waals surface area contributed by atoms with Crippen LogP contribution in [0.3, 0.4) is 0 Å². The number of nitriles is 1. The Kier molecular flexibility index (Phi) is 4.87. The SMILES string of the molecule is CCC(C)(N)C(=O)N(CC#N)Cc1ccccc1. The Balaban J connectivity index is 2.84. The maximum atomic E-state index is 12.2. The van der Waals surface area contributed by atoms with Crippen LogP contribution in [0.5, 0.6) is 0 Å². The van der Waals surface area contributed by atoms with Crippen molar-refractivity contribution in [3.8, 4) is 6.07 Å². The second kappa shape index (κ2) is 6.18. The first-order valence-electron chi connectivity index (χ1n) is 6.00. The highest BCUT2D eigenvalue weighted by Crippen LogP contribution is 2.13. The highest BCUT2D eigenvalue weighted by molar-refractivity contribution is 5.85. The second-order valence-corrected chi connectivity index (χ2v) is 4.58. The zero-order valence-electron chi connectivity index (χ0n) is 10.9. The molecule has 0 saturated heterocycles. The lowest BCUT2D eigenvalue weighted by atomic mass is 9.98. The molecule has 0 aliphatic carbocycles. The molecule has 1 aromatic carbocycles. The van der Waals surface area contributed by atoms with Crippen molar-refractivity contribution >= 4 is 5.91 Å². The van der Waals surface area contributed by atoms with Crippen LogP contribution < -0.4 is 5.73 Å². The van der Waals surface area contributed by atoms with E-state index in [1.807, 2.05) is 43.3 Å². The monoisotopic (exact) mass is 245 g/mol. The van der Waals surface area contributed by atoms with Crippen LogP contribution in [-0.2, 0) is 11.3 Å². The van der Waals surface area contributed by atoms with Crippen molar-refractivity contribution < 1.29 is 4.79 Å². The summed E-state index contributed by atoms with van der Waals surface area (Å²) in [4.78, 5) is 13.7. The number of hydrogen-bond acceptors (Lipinski definition) is 3. The summed E-state index contributed by atoms with van der Waals surface area (Å²) in [7, 11) is 0. The van der Waals surface area contributed by atoms with Gasteiger partial charge in [-0.15, -0.1) is 0 Å². The molecule has 4 heteroatoms. The van der Waals surface area contributed by atoms with E-state index in [2.05, 4.69) is 0 Å². The van der Waals surface area contributed by atoms with Gasteiger partial charge in [0.1, 0.15) is 6.54 Å². The van der Waals surface area contributed by atoms with Crippen molar-refractivity contribution in [2.24, 2.45) is 5.73 Å². The van der Waals surface area contributed by atoms with Crippen LogP contribution in [0.4, 0.5) is 0 Å². The van der Waals surface area contributed by atoms with Crippen molar-refractivity contribution in [3.63, 3.8) is 0 Å². The molecule has 0 heterocycles. The summed E-state index contributed by atoms with van der Waals surface area (Å²) in [6.07, 6.45) is 0.544. The number of rotatable bonds is 5.